The number of aryl methyl sites for hydroxylation is 1. The van der Waals surface area contributed by atoms with E-state index in [2.05, 4.69) is 16.0 Å². The Morgan fingerprint density at radius 1 is 0.692 bits per heavy atom. The van der Waals surface area contributed by atoms with Gasteiger partial charge in [-0.3, -0.25) is 24.5 Å². The Bertz CT molecular complexity index is 1270. The van der Waals surface area contributed by atoms with Crippen LogP contribution in [0.3, 0.4) is 0 Å². The summed E-state index contributed by atoms with van der Waals surface area (Å²) in [6, 6.07) is 12.6. The molecule has 1 aliphatic carbocycles. The fraction of sp³-hybridized carbons (Fsp3) is 0.393. The van der Waals surface area contributed by atoms with Crippen LogP contribution in [0.15, 0.2) is 48.5 Å². The molecule has 3 amide bonds. The third-order valence-corrected chi connectivity index (χ3v) is 6.96. The maximum absolute atomic E-state index is 13.4. The number of carboxylic acids is 2. The maximum Gasteiger partial charge on any atom is 0.412 e. The number of benzene rings is 2. The zero-order chi connectivity index (χ0) is 29.3. The van der Waals surface area contributed by atoms with Crippen LogP contribution in [0.4, 0.5) is 21.9 Å². The summed E-state index contributed by atoms with van der Waals surface area (Å²) in [6.45, 7) is 9.43. The van der Waals surface area contributed by atoms with Gasteiger partial charge in [0.15, 0.2) is 0 Å². The number of rotatable bonds is 7. The van der Waals surface area contributed by atoms with E-state index in [1.54, 1.807) is 45.0 Å². The van der Waals surface area contributed by atoms with Gasteiger partial charge in [-0.25, -0.2) is 4.79 Å². The Labute approximate surface area is 225 Å². The van der Waals surface area contributed by atoms with Gasteiger partial charge in [0.25, 0.3) is 0 Å². The van der Waals surface area contributed by atoms with Crippen LogP contribution in [0, 0.1) is 29.6 Å². The summed E-state index contributed by atoms with van der Waals surface area (Å²) in [7, 11) is 0. The molecule has 0 heterocycles. The molecule has 2 unspecified atom stereocenters. The van der Waals surface area contributed by atoms with Crippen LogP contribution >= 0.6 is 0 Å². The Hall–Kier alpha value is -4.41. The molecule has 1 aliphatic rings. The molecular weight excluding hydrogens is 506 g/mol. The van der Waals surface area contributed by atoms with E-state index in [-0.39, 0.29) is 5.69 Å². The van der Waals surface area contributed by atoms with Crippen molar-refractivity contribution in [2.24, 2.45) is 22.7 Å². The van der Waals surface area contributed by atoms with Gasteiger partial charge >= 0.3 is 18.0 Å². The van der Waals surface area contributed by atoms with E-state index in [4.69, 9.17) is 4.74 Å². The Morgan fingerprint density at radius 2 is 1.03 bits per heavy atom. The molecule has 39 heavy (non-hydrogen) atoms. The molecule has 1 fully saturated rings. The van der Waals surface area contributed by atoms with E-state index in [1.807, 2.05) is 6.92 Å². The summed E-state index contributed by atoms with van der Waals surface area (Å²) in [6.07, 6.45) is -0.668. The van der Waals surface area contributed by atoms with Crippen LogP contribution in [-0.2, 0) is 23.9 Å². The van der Waals surface area contributed by atoms with Crippen molar-refractivity contribution in [1.29, 1.82) is 0 Å². The quantitative estimate of drug-likeness (QED) is 0.346. The van der Waals surface area contributed by atoms with Gasteiger partial charge in [-0.1, -0.05) is 17.7 Å². The highest BCUT2D eigenvalue weighted by Gasteiger charge is 2.78. The second-order valence-electron chi connectivity index (χ2n) is 11.1. The number of anilines is 3. The molecule has 2 atom stereocenters. The lowest BCUT2D eigenvalue weighted by Gasteiger charge is -2.59. The Balaban J connectivity index is 1.83. The molecule has 0 saturated heterocycles. The monoisotopic (exact) mass is 539 g/mol. The largest absolute Gasteiger partial charge is 0.481 e. The van der Waals surface area contributed by atoms with Crippen molar-refractivity contribution in [3.63, 3.8) is 0 Å². The number of ether oxygens (including phenoxy) is 1. The average Bonchev–Trinajstić information content (AvgIpc) is 2.80. The molecule has 0 spiro atoms. The van der Waals surface area contributed by atoms with Crippen molar-refractivity contribution in [2.75, 3.05) is 16.0 Å². The first kappa shape index (κ1) is 29.2. The van der Waals surface area contributed by atoms with Crippen LogP contribution < -0.4 is 16.0 Å². The van der Waals surface area contributed by atoms with Gasteiger partial charge in [-0.15, -0.1) is 0 Å². The smallest absolute Gasteiger partial charge is 0.412 e. The van der Waals surface area contributed by atoms with Crippen molar-refractivity contribution >= 4 is 46.9 Å². The van der Waals surface area contributed by atoms with Crippen LogP contribution in [-0.4, -0.2) is 45.7 Å². The van der Waals surface area contributed by atoms with Crippen molar-refractivity contribution < 1.29 is 38.9 Å². The normalized spacial score (nSPS) is 24.1. The molecule has 208 valence electrons. The highest BCUT2D eigenvalue weighted by atomic mass is 16.6. The summed E-state index contributed by atoms with van der Waals surface area (Å²) in [5.41, 5.74) is -2.78. The second kappa shape index (κ2) is 10.4. The molecule has 3 rings (SSSR count). The number of hydrogen-bond donors (Lipinski definition) is 5. The van der Waals surface area contributed by atoms with Crippen molar-refractivity contribution in [2.45, 2.75) is 47.1 Å². The first-order valence-corrected chi connectivity index (χ1v) is 12.3. The Kier molecular flexibility index (Phi) is 7.77. The molecule has 0 radical (unpaired) electrons. The number of carbonyl (C=O) groups excluding carboxylic acids is 3. The zero-order valence-corrected chi connectivity index (χ0v) is 22.6. The second-order valence-corrected chi connectivity index (χ2v) is 11.1. The minimum Gasteiger partial charge on any atom is -0.481 e. The molecule has 0 aliphatic heterocycles. The number of nitrogens with one attached hydrogen (secondary N) is 3. The van der Waals surface area contributed by atoms with E-state index >= 15 is 0 Å². The molecule has 11 heteroatoms. The van der Waals surface area contributed by atoms with Gasteiger partial charge < -0.3 is 25.6 Å². The van der Waals surface area contributed by atoms with Gasteiger partial charge in [0.05, 0.1) is 22.7 Å². The topological polar surface area (TPSA) is 171 Å². The average molecular weight is 540 g/mol. The zero-order valence-electron chi connectivity index (χ0n) is 22.6. The van der Waals surface area contributed by atoms with Gasteiger partial charge in [0.1, 0.15) is 5.60 Å². The van der Waals surface area contributed by atoms with E-state index < -0.39 is 58.1 Å². The van der Waals surface area contributed by atoms with Crippen LogP contribution in [0.25, 0.3) is 0 Å². The van der Waals surface area contributed by atoms with E-state index in [9.17, 15) is 34.2 Å². The number of hydrogen-bond acceptors (Lipinski definition) is 6. The lowest BCUT2D eigenvalue weighted by atomic mass is 9.39. The van der Waals surface area contributed by atoms with E-state index in [0.717, 1.165) is 5.56 Å². The number of amides is 3. The summed E-state index contributed by atoms with van der Waals surface area (Å²) < 4.78 is 5.19. The lowest BCUT2D eigenvalue weighted by Crippen LogP contribution is -2.74. The number of carbonyl (C=O) groups is 5. The molecule has 2 aromatic carbocycles. The SMILES string of the molecule is Cc1ccc(NC(=O)C2C(C)(C(=O)O)C(C(=O)Nc3ccc(NC(=O)OC(C)(C)C)cc3)C2(C)C(=O)O)cc1. The summed E-state index contributed by atoms with van der Waals surface area (Å²) >= 11 is 0. The van der Waals surface area contributed by atoms with Crippen LogP contribution in [0.2, 0.25) is 0 Å². The minimum atomic E-state index is -2.01. The molecule has 5 N–H and O–H groups in total. The number of aliphatic carboxylic acids is 2. The minimum absolute atomic E-state index is 0.239. The van der Waals surface area contributed by atoms with Crippen molar-refractivity contribution in [3.8, 4) is 0 Å². The fourth-order valence-corrected chi connectivity index (χ4v) is 5.19. The van der Waals surface area contributed by atoms with E-state index in [1.165, 1.54) is 38.1 Å². The third kappa shape index (κ3) is 5.71. The first-order valence-electron chi connectivity index (χ1n) is 12.3. The highest BCUT2D eigenvalue weighted by Crippen LogP contribution is 2.64. The fourth-order valence-electron chi connectivity index (χ4n) is 5.19. The lowest BCUT2D eigenvalue weighted by molar-refractivity contribution is -0.216. The highest BCUT2D eigenvalue weighted by molar-refractivity contribution is 6.09. The maximum atomic E-state index is 13.4. The standard InChI is InChI=1S/C28H33N3O8/c1-15-7-9-16(10-8-15)29-21(32)19-27(5,23(34)35)20(28(19,6)24(36)37)22(33)30-17-11-13-18(14-12-17)31-25(38)39-26(2,3)4/h7-14,19-20H,1-6H3,(H,29,32)(H,30,33)(H,31,38)(H,34,35)(H,36,37). The summed E-state index contributed by atoms with van der Waals surface area (Å²) in [5, 5.41) is 27.9. The third-order valence-electron chi connectivity index (χ3n) is 6.96. The molecule has 0 bridgehead atoms. The first-order chi connectivity index (χ1) is 18.0. The number of carboxylic acid groups (broad SMARTS) is 2. The molecular formula is C28H33N3O8. The molecule has 0 aromatic heterocycles. The molecule has 11 nitrogen and oxygen atoms in total. The van der Waals surface area contributed by atoms with Gasteiger partial charge in [0.2, 0.25) is 11.8 Å². The van der Waals surface area contributed by atoms with Gasteiger partial charge in [0, 0.05) is 17.1 Å². The predicted octanol–water partition coefficient (Wildman–Crippen LogP) is 4.35. The summed E-state index contributed by atoms with van der Waals surface area (Å²) in [5.74, 6) is -7.73. The van der Waals surface area contributed by atoms with E-state index in [0.29, 0.717) is 11.4 Å². The Morgan fingerprint density at radius 3 is 1.36 bits per heavy atom. The van der Waals surface area contributed by atoms with Crippen LogP contribution in [0.5, 0.6) is 0 Å². The van der Waals surface area contributed by atoms with Crippen molar-refractivity contribution in [1.82, 2.24) is 0 Å². The predicted molar refractivity (Wildman–Crippen MR) is 143 cm³/mol. The van der Waals surface area contributed by atoms with Crippen LogP contribution in [0.1, 0.15) is 40.2 Å². The van der Waals surface area contributed by atoms with Crippen molar-refractivity contribution in [3.05, 3.63) is 54.1 Å². The summed E-state index contributed by atoms with van der Waals surface area (Å²) in [4.78, 5) is 63.4. The molecule has 1 saturated carbocycles. The van der Waals surface area contributed by atoms with Gasteiger partial charge in [-0.2, -0.15) is 0 Å². The van der Waals surface area contributed by atoms with Gasteiger partial charge in [-0.05, 0) is 77.9 Å². The molecule has 2 aromatic rings.